The van der Waals surface area contributed by atoms with Crippen LogP contribution < -0.4 is 5.56 Å². The SMILES string of the molecule is C[C@@H](OC(=O)c1ccc(Cl)cc1O)c1nc2ccccc2c(=O)[nH]1. The lowest BCUT2D eigenvalue weighted by Gasteiger charge is -2.13. The molecule has 0 amide bonds. The summed E-state index contributed by atoms with van der Waals surface area (Å²) in [6.07, 6.45) is -0.801. The smallest absolute Gasteiger partial charge is 0.342 e. The summed E-state index contributed by atoms with van der Waals surface area (Å²) in [5.74, 6) is -0.798. The van der Waals surface area contributed by atoms with E-state index in [4.69, 9.17) is 16.3 Å². The van der Waals surface area contributed by atoms with E-state index in [1.165, 1.54) is 18.2 Å². The van der Waals surface area contributed by atoms with Gasteiger partial charge in [0.1, 0.15) is 11.3 Å². The Morgan fingerprint density at radius 3 is 2.79 bits per heavy atom. The molecule has 2 aromatic carbocycles. The Hall–Kier alpha value is -2.86. The van der Waals surface area contributed by atoms with Crippen LogP contribution in [0.25, 0.3) is 10.9 Å². The van der Waals surface area contributed by atoms with Crippen LogP contribution in [0.2, 0.25) is 5.02 Å². The average molecular weight is 345 g/mol. The first-order chi connectivity index (χ1) is 11.5. The number of carbonyl (C=O) groups excluding carboxylic acids is 1. The van der Waals surface area contributed by atoms with E-state index in [-0.39, 0.29) is 22.7 Å². The van der Waals surface area contributed by atoms with Gasteiger partial charge < -0.3 is 14.8 Å². The number of phenolic OH excluding ortho intramolecular Hbond substituents is 1. The molecule has 1 atom stereocenters. The number of rotatable bonds is 3. The minimum Gasteiger partial charge on any atom is -0.507 e. The lowest BCUT2D eigenvalue weighted by atomic mass is 10.2. The number of aromatic hydroxyl groups is 1. The summed E-state index contributed by atoms with van der Waals surface area (Å²) in [5.41, 5.74) is 0.177. The van der Waals surface area contributed by atoms with Gasteiger partial charge in [0.25, 0.3) is 5.56 Å². The molecule has 0 saturated heterocycles. The Kier molecular flexibility index (Phi) is 4.22. The highest BCUT2D eigenvalue weighted by Gasteiger charge is 2.19. The Balaban J connectivity index is 1.88. The van der Waals surface area contributed by atoms with Crippen LogP contribution in [0, 0.1) is 0 Å². The zero-order chi connectivity index (χ0) is 17.3. The van der Waals surface area contributed by atoms with Gasteiger partial charge in [-0.2, -0.15) is 0 Å². The molecule has 0 bridgehead atoms. The van der Waals surface area contributed by atoms with E-state index in [9.17, 15) is 14.7 Å². The van der Waals surface area contributed by atoms with Crippen molar-refractivity contribution in [1.29, 1.82) is 0 Å². The van der Waals surface area contributed by atoms with Crippen LogP contribution in [0.3, 0.4) is 0 Å². The number of hydrogen-bond donors (Lipinski definition) is 2. The number of nitrogens with zero attached hydrogens (tertiary/aromatic N) is 1. The van der Waals surface area contributed by atoms with Crippen molar-refractivity contribution in [1.82, 2.24) is 9.97 Å². The van der Waals surface area contributed by atoms with Crippen molar-refractivity contribution in [2.24, 2.45) is 0 Å². The molecule has 24 heavy (non-hydrogen) atoms. The third kappa shape index (κ3) is 3.09. The van der Waals surface area contributed by atoms with Crippen molar-refractivity contribution in [3.05, 3.63) is 69.2 Å². The zero-order valence-corrected chi connectivity index (χ0v) is 13.4. The van der Waals surface area contributed by atoms with Gasteiger partial charge in [-0.1, -0.05) is 23.7 Å². The van der Waals surface area contributed by atoms with Gasteiger partial charge in [0, 0.05) is 5.02 Å². The maximum absolute atomic E-state index is 12.2. The van der Waals surface area contributed by atoms with Crippen molar-refractivity contribution < 1.29 is 14.6 Å². The maximum atomic E-state index is 12.2. The molecule has 2 N–H and O–H groups in total. The lowest BCUT2D eigenvalue weighted by Crippen LogP contribution is -2.17. The summed E-state index contributed by atoms with van der Waals surface area (Å²) in [6.45, 7) is 1.58. The van der Waals surface area contributed by atoms with Gasteiger partial charge in [-0.15, -0.1) is 0 Å². The predicted molar refractivity (Wildman–Crippen MR) is 89.3 cm³/mol. The molecule has 0 fully saturated rings. The topological polar surface area (TPSA) is 92.3 Å². The molecule has 6 nitrogen and oxygen atoms in total. The molecule has 0 radical (unpaired) electrons. The fourth-order valence-corrected chi connectivity index (χ4v) is 2.42. The third-order valence-corrected chi connectivity index (χ3v) is 3.71. The number of halogens is 1. The number of aromatic nitrogens is 2. The normalized spacial score (nSPS) is 12.1. The summed E-state index contributed by atoms with van der Waals surface area (Å²) in [7, 11) is 0. The molecule has 3 rings (SSSR count). The van der Waals surface area contributed by atoms with Crippen molar-refractivity contribution >= 4 is 28.5 Å². The van der Waals surface area contributed by atoms with Crippen LogP contribution >= 0.6 is 11.6 Å². The van der Waals surface area contributed by atoms with E-state index in [0.29, 0.717) is 15.9 Å². The standard InChI is InChI=1S/C17H13ClN2O4/c1-9(24-17(23)12-7-6-10(18)8-14(12)21)15-19-13-5-3-2-4-11(13)16(22)20-15/h2-9,21H,1H3,(H,19,20,22)/t9-/m1/s1. The molecule has 0 spiro atoms. The first-order valence-corrected chi connectivity index (χ1v) is 7.52. The Bertz CT molecular complexity index is 984. The Morgan fingerprint density at radius 1 is 1.29 bits per heavy atom. The molecule has 0 unspecified atom stereocenters. The van der Waals surface area contributed by atoms with Gasteiger partial charge in [0.15, 0.2) is 11.9 Å². The molecular formula is C17H13ClN2O4. The number of hydrogen-bond acceptors (Lipinski definition) is 5. The van der Waals surface area contributed by atoms with Crippen LogP contribution in [0.15, 0.2) is 47.3 Å². The van der Waals surface area contributed by atoms with Crippen LogP contribution in [0.4, 0.5) is 0 Å². The number of nitrogens with one attached hydrogen (secondary N) is 1. The van der Waals surface area contributed by atoms with E-state index >= 15 is 0 Å². The van der Waals surface area contributed by atoms with Gasteiger partial charge in [-0.3, -0.25) is 4.79 Å². The second-order valence-electron chi connectivity index (χ2n) is 5.18. The molecule has 3 aromatic rings. The molecule has 122 valence electrons. The van der Waals surface area contributed by atoms with Gasteiger partial charge in [0.05, 0.1) is 10.9 Å². The molecule has 1 heterocycles. The molecule has 0 aliphatic rings. The van der Waals surface area contributed by atoms with Crippen LogP contribution in [0.1, 0.15) is 29.2 Å². The van der Waals surface area contributed by atoms with Crippen LogP contribution in [-0.2, 0) is 4.74 Å². The molecule has 0 saturated carbocycles. The predicted octanol–water partition coefficient (Wildman–Crippen LogP) is 3.20. The highest BCUT2D eigenvalue weighted by molar-refractivity contribution is 6.30. The van der Waals surface area contributed by atoms with Crippen molar-refractivity contribution in [3.8, 4) is 5.75 Å². The summed E-state index contributed by atoms with van der Waals surface area (Å²) < 4.78 is 5.27. The fraction of sp³-hybridized carbons (Fsp3) is 0.118. The second-order valence-corrected chi connectivity index (χ2v) is 5.61. The molecular weight excluding hydrogens is 332 g/mol. The van der Waals surface area contributed by atoms with Crippen molar-refractivity contribution in [2.75, 3.05) is 0 Å². The van der Waals surface area contributed by atoms with Gasteiger partial charge >= 0.3 is 5.97 Å². The van der Waals surface area contributed by atoms with Crippen molar-refractivity contribution in [2.45, 2.75) is 13.0 Å². The van der Waals surface area contributed by atoms with Crippen LogP contribution in [-0.4, -0.2) is 21.0 Å². The Labute approximate surface area is 141 Å². The number of para-hydroxylation sites is 1. The maximum Gasteiger partial charge on any atom is 0.342 e. The van der Waals surface area contributed by atoms with Crippen LogP contribution in [0.5, 0.6) is 5.75 Å². The fourth-order valence-electron chi connectivity index (χ4n) is 2.25. The third-order valence-electron chi connectivity index (χ3n) is 3.48. The molecule has 0 aliphatic heterocycles. The number of ether oxygens (including phenoxy) is 1. The first-order valence-electron chi connectivity index (χ1n) is 7.14. The minimum absolute atomic E-state index is 0.0191. The summed E-state index contributed by atoms with van der Waals surface area (Å²) >= 11 is 5.73. The minimum atomic E-state index is -0.801. The zero-order valence-electron chi connectivity index (χ0n) is 12.6. The van der Waals surface area contributed by atoms with Gasteiger partial charge in [-0.05, 0) is 37.3 Å². The number of aromatic amines is 1. The number of esters is 1. The monoisotopic (exact) mass is 344 g/mol. The number of fused-ring (bicyclic) bond motifs is 1. The largest absolute Gasteiger partial charge is 0.507 e. The molecule has 0 aliphatic carbocycles. The number of H-pyrrole nitrogens is 1. The number of carbonyl (C=O) groups is 1. The van der Waals surface area contributed by atoms with E-state index in [1.807, 2.05) is 0 Å². The lowest BCUT2D eigenvalue weighted by molar-refractivity contribution is 0.0317. The summed E-state index contributed by atoms with van der Waals surface area (Å²) in [5, 5.41) is 10.5. The second kappa shape index (κ2) is 6.33. The van der Waals surface area contributed by atoms with Crippen molar-refractivity contribution in [3.63, 3.8) is 0 Å². The van der Waals surface area contributed by atoms with E-state index < -0.39 is 12.1 Å². The highest BCUT2D eigenvalue weighted by Crippen LogP contribution is 2.24. The summed E-state index contributed by atoms with van der Waals surface area (Å²) in [4.78, 5) is 31.1. The van der Waals surface area contributed by atoms with Gasteiger partial charge in [-0.25, -0.2) is 9.78 Å². The molecule has 7 heteroatoms. The highest BCUT2D eigenvalue weighted by atomic mass is 35.5. The molecule has 1 aromatic heterocycles. The quantitative estimate of drug-likeness (QED) is 0.712. The van der Waals surface area contributed by atoms with E-state index in [0.717, 1.165) is 0 Å². The van der Waals surface area contributed by atoms with E-state index in [1.54, 1.807) is 31.2 Å². The first kappa shape index (κ1) is 16.0. The van der Waals surface area contributed by atoms with Gasteiger partial charge in [0.2, 0.25) is 0 Å². The average Bonchev–Trinajstić information content (AvgIpc) is 2.54. The van der Waals surface area contributed by atoms with E-state index in [2.05, 4.69) is 9.97 Å². The Morgan fingerprint density at radius 2 is 2.04 bits per heavy atom. The number of phenols is 1. The number of benzene rings is 2. The summed E-state index contributed by atoms with van der Waals surface area (Å²) in [6, 6.07) is 11.0.